The van der Waals surface area contributed by atoms with Crippen molar-refractivity contribution in [3.8, 4) is 11.1 Å². The molecule has 138 valence electrons. The van der Waals surface area contributed by atoms with E-state index in [0.717, 1.165) is 42.6 Å². The lowest BCUT2D eigenvalue weighted by Crippen LogP contribution is -2.43. The zero-order chi connectivity index (χ0) is 18.7. The highest BCUT2D eigenvalue weighted by Crippen LogP contribution is 2.36. The van der Waals surface area contributed by atoms with E-state index in [1.54, 1.807) is 6.20 Å². The van der Waals surface area contributed by atoms with Crippen LogP contribution in [0.5, 0.6) is 0 Å². The van der Waals surface area contributed by atoms with Gasteiger partial charge < -0.3 is 15.5 Å². The summed E-state index contributed by atoms with van der Waals surface area (Å²) in [6, 6.07) is 7.47. The molecule has 2 heterocycles. The Morgan fingerprint density at radius 3 is 2.73 bits per heavy atom. The third-order valence-electron chi connectivity index (χ3n) is 4.58. The summed E-state index contributed by atoms with van der Waals surface area (Å²) in [6.07, 6.45) is 4.67. The van der Waals surface area contributed by atoms with E-state index < -0.39 is 0 Å². The van der Waals surface area contributed by atoms with Crippen molar-refractivity contribution < 1.29 is 4.79 Å². The molecule has 6 nitrogen and oxygen atoms in total. The fourth-order valence-corrected chi connectivity index (χ4v) is 3.52. The third kappa shape index (κ3) is 4.14. The molecule has 0 radical (unpaired) electrons. The molecule has 1 unspecified atom stereocenters. The van der Waals surface area contributed by atoms with E-state index >= 15 is 0 Å². The summed E-state index contributed by atoms with van der Waals surface area (Å²) in [5.74, 6) is 0.335. The maximum atomic E-state index is 12.8. The standard InChI is InChI=1S/C19H24ClN5O/c1-24(2)12-17(26)25-10-4-3-5-16(25)18-15(11-22-19(21)23-18)13-6-8-14(20)9-7-13/h6-9,11,16H,3-5,10,12H2,1-2H3,(H2,21,22,23). The minimum absolute atomic E-state index is 0.0906. The van der Waals surface area contributed by atoms with Crippen LogP contribution in [0.3, 0.4) is 0 Å². The second kappa shape index (κ2) is 8.01. The molecule has 0 spiro atoms. The van der Waals surface area contributed by atoms with Gasteiger partial charge in [0, 0.05) is 23.3 Å². The summed E-state index contributed by atoms with van der Waals surface area (Å²) in [5, 5.41) is 0.673. The molecular formula is C19H24ClN5O. The maximum Gasteiger partial charge on any atom is 0.237 e. The van der Waals surface area contributed by atoms with Gasteiger partial charge in [-0.3, -0.25) is 4.79 Å². The second-order valence-electron chi connectivity index (χ2n) is 6.87. The number of anilines is 1. The molecule has 2 N–H and O–H groups in total. The molecule has 1 aromatic carbocycles. The van der Waals surface area contributed by atoms with Crippen molar-refractivity contribution in [3.63, 3.8) is 0 Å². The number of amides is 1. The van der Waals surface area contributed by atoms with Crippen molar-refractivity contribution in [1.82, 2.24) is 19.8 Å². The molecule has 0 aliphatic carbocycles. The highest BCUT2D eigenvalue weighted by Gasteiger charge is 2.31. The highest BCUT2D eigenvalue weighted by molar-refractivity contribution is 6.30. The largest absolute Gasteiger partial charge is 0.368 e. The Hall–Kier alpha value is -2.18. The summed E-state index contributed by atoms with van der Waals surface area (Å²) in [4.78, 5) is 25.3. The van der Waals surface area contributed by atoms with E-state index in [2.05, 4.69) is 9.97 Å². The summed E-state index contributed by atoms with van der Waals surface area (Å²) in [6.45, 7) is 1.12. The Labute approximate surface area is 159 Å². The summed E-state index contributed by atoms with van der Waals surface area (Å²) in [7, 11) is 3.80. The number of nitrogens with two attached hydrogens (primary N) is 1. The molecule has 1 atom stereocenters. The molecule has 1 aromatic heterocycles. The quantitative estimate of drug-likeness (QED) is 0.891. The van der Waals surface area contributed by atoms with Crippen LogP contribution < -0.4 is 5.73 Å². The smallest absolute Gasteiger partial charge is 0.237 e. The van der Waals surface area contributed by atoms with Gasteiger partial charge in [0.15, 0.2) is 0 Å². The molecule has 0 saturated carbocycles. The molecule has 1 aliphatic rings. The SMILES string of the molecule is CN(C)CC(=O)N1CCCCC1c1nc(N)ncc1-c1ccc(Cl)cc1. The van der Waals surface area contributed by atoms with Gasteiger partial charge >= 0.3 is 0 Å². The molecule has 0 bridgehead atoms. The third-order valence-corrected chi connectivity index (χ3v) is 4.83. The Bertz CT molecular complexity index is 778. The van der Waals surface area contributed by atoms with Gasteiger partial charge in [0.25, 0.3) is 0 Å². The number of likely N-dealkylation sites (tertiary alicyclic amines) is 1. The van der Waals surface area contributed by atoms with Gasteiger partial charge in [-0.05, 0) is 51.1 Å². The number of rotatable bonds is 4. The molecule has 2 aromatic rings. The number of benzene rings is 1. The van der Waals surface area contributed by atoms with Crippen molar-refractivity contribution in [2.75, 3.05) is 32.9 Å². The predicted octanol–water partition coefficient (Wildman–Crippen LogP) is 2.99. The number of hydrogen-bond acceptors (Lipinski definition) is 5. The monoisotopic (exact) mass is 373 g/mol. The summed E-state index contributed by atoms with van der Waals surface area (Å²) < 4.78 is 0. The molecule has 3 rings (SSSR count). The van der Waals surface area contributed by atoms with Crippen LogP contribution in [-0.4, -0.2) is 52.9 Å². The van der Waals surface area contributed by atoms with Crippen LogP contribution in [-0.2, 0) is 4.79 Å². The van der Waals surface area contributed by atoms with Gasteiger partial charge in [-0.1, -0.05) is 23.7 Å². The predicted molar refractivity (Wildman–Crippen MR) is 104 cm³/mol. The number of nitrogens with zero attached hydrogens (tertiary/aromatic N) is 4. The molecule has 1 fully saturated rings. The number of nitrogen functional groups attached to an aromatic ring is 1. The number of hydrogen-bond donors (Lipinski definition) is 1. The maximum absolute atomic E-state index is 12.8. The minimum Gasteiger partial charge on any atom is -0.368 e. The first-order valence-corrected chi connectivity index (χ1v) is 9.16. The van der Waals surface area contributed by atoms with Crippen molar-refractivity contribution in [3.05, 3.63) is 41.2 Å². The number of aromatic nitrogens is 2. The van der Waals surface area contributed by atoms with Gasteiger partial charge in [-0.2, -0.15) is 0 Å². The molecule has 1 aliphatic heterocycles. The van der Waals surface area contributed by atoms with Crippen molar-refractivity contribution in [2.45, 2.75) is 25.3 Å². The zero-order valence-electron chi connectivity index (χ0n) is 15.2. The van der Waals surface area contributed by atoms with E-state index in [-0.39, 0.29) is 17.9 Å². The molecule has 26 heavy (non-hydrogen) atoms. The van der Waals surface area contributed by atoms with E-state index in [0.29, 0.717) is 11.6 Å². The van der Waals surface area contributed by atoms with Gasteiger partial charge in [0.05, 0.1) is 18.3 Å². The van der Waals surface area contributed by atoms with Crippen LogP contribution in [0.4, 0.5) is 5.95 Å². The first-order valence-electron chi connectivity index (χ1n) is 8.78. The fourth-order valence-electron chi connectivity index (χ4n) is 3.39. The van der Waals surface area contributed by atoms with Gasteiger partial charge in [0.2, 0.25) is 11.9 Å². The number of carbonyl (C=O) groups excluding carboxylic acids is 1. The van der Waals surface area contributed by atoms with Gasteiger partial charge in [0.1, 0.15) is 0 Å². The lowest BCUT2D eigenvalue weighted by molar-refractivity contribution is -0.135. The van der Waals surface area contributed by atoms with Crippen molar-refractivity contribution >= 4 is 23.5 Å². The van der Waals surface area contributed by atoms with Gasteiger partial charge in [-0.15, -0.1) is 0 Å². The lowest BCUT2D eigenvalue weighted by Gasteiger charge is -2.37. The summed E-state index contributed by atoms with van der Waals surface area (Å²) >= 11 is 6.02. The Kier molecular flexibility index (Phi) is 5.74. The van der Waals surface area contributed by atoms with E-state index in [4.69, 9.17) is 17.3 Å². The zero-order valence-corrected chi connectivity index (χ0v) is 15.9. The Balaban J connectivity index is 2.01. The topological polar surface area (TPSA) is 75.4 Å². The first-order chi connectivity index (χ1) is 12.5. The van der Waals surface area contributed by atoms with Crippen molar-refractivity contribution in [2.24, 2.45) is 0 Å². The second-order valence-corrected chi connectivity index (χ2v) is 7.31. The number of carbonyl (C=O) groups is 1. The van der Waals surface area contributed by atoms with Crippen LogP contribution in [0.1, 0.15) is 31.0 Å². The fraction of sp³-hybridized carbons (Fsp3) is 0.421. The minimum atomic E-state index is -0.0906. The van der Waals surface area contributed by atoms with E-state index in [1.807, 2.05) is 48.2 Å². The molecular weight excluding hydrogens is 350 g/mol. The van der Waals surface area contributed by atoms with Crippen LogP contribution >= 0.6 is 11.6 Å². The first kappa shape index (κ1) is 18.6. The number of piperidine rings is 1. The Morgan fingerprint density at radius 1 is 1.31 bits per heavy atom. The lowest BCUT2D eigenvalue weighted by atomic mass is 9.93. The van der Waals surface area contributed by atoms with Crippen LogP contribution in [0.15, 0.2) is 30.5 Å². The van der Waals surface area contributed by atoms with E-state index in [1.165, 1.54) is 0 Å². The summed E-state index contributed by atoms with van der Waals surface area (Å²) in [5.41, 5.74) is 8.56. The number of likely N-dealkylation sites (N-methyl/N-ethyl adjacent to an activating group) is 1. The average molecular weight is 374 g/mol. The molecule has 7 heteroatoms. The van der Waals surface area contributed by atoms with Crippen LogP contribution in [0.2, 0.25) is 5.02 Å². The number of halogens is 1. The molecule has 1 saturated heterocycles. The highest BCUT2D eigenvalue weighted by atomic mass is 35.5. The van der Waals surface area contributed by atoms with Crippen LogP contribution in [0.25, 0.3) is 11.1 Å². The Morgan fingerprint density at radius 2 is 2.04 bits per heavy atom. The normalized spacial score (nSPS) is 17.5. The van der Waals surface area contributed by atoms with Crippen LogP contribution in [0, 0.1) is 0 Å². The average Bonchev–Trinajstić information content (AvgIpc) is 2.62. The van der Waals surface area contributed by atoms with E-state index in [9.17, 15) is 4.79 Å². The molecule has 1 amide bonds. The van der Waals surface area contributed by atoms with Gasteiger partial charge in [-0.25, -0.2) is 9.97 Å². The van der Waals surface area contributed by atoms with Crippen molar-refractivity contribution in [1.29, 1.82) is 0 Å².